The monoisotopic (exact) mass is 329 g/mol. The predicted molar refractivity (Wildman–Crippen MR) is 74.0 cm³/mol. The summed E-state index contributed by atoms with van der Waals surface area (Å²) < 4.78 is 7.32. The van der Waals surface area contributed by atoms with Gasteiger partial charge in [0.2, 0.25) is 0 Å². The van der Waals surface area contributed by atoms with Gasteiger partial charge in [0.05, 0.1) is 0 Å². The molecule has 5 nitrogen and oxygen atoms in total. The van der Waals surface area contributed by atoms with Crippen LogP contribution in [0.1, 0.15) is 28.5 Å². The third kappa shape index (κ3) is 3.02. The van der Waals surface area contributed by atoms with Crippen molar-refractivity contribution < 1.29 is 9.53 Å². The first-order valence-corrected chi connectivity index (χ1v) is 8.64. The number of piperidine rings is 1. The van der Waals surface area contributed by atoms with Crippen LogP contribution in [0.4, 0.5) is 4.69 Å². The number of carbonyl (C=O) groups excluding carboxylic acids is 1. The Bertz CT molecular complexity index is 437. The number of morpholine rings is 1. The van der Waals surface area contributed by atoms with E-state index in [1.807, 2.05) is 4.90 Å². The molecule has 2 aliphatic heterocycles. The van der Waals surface area contributed by atoms with Gasteiger partial charge in [-0.3, -0.25) is 0 Å². The van der Waals surface area contributed by atoms with Gasteiger partial charge in [-0.05, 0) is 0 Å². The van der Waals surface area contributed by atoms with Crippen molar-refractivity contribution in [1.82, 2.24) is 9.88 Å². The fraction of sp³-hybridized carbons (Fsp3) is 0.692. The van der Waals surface area contributed by atoms with Gasteiger partial charge in [0.25, 0.3) is 0 Å². The molecule has 0 radical (unpaired) electrons. The molecule has 1 aromatic heterocycles. The summed E-state index contributed by atoms with van der Waals surface area (Å²) in [6.07, 6.45) is 5.62. The number of hydrogen-bond donors (Lipinski definition) is 0. The van der Waals surface area contributed by atoms with Crippen LogP contribution in [0.3, 0.4) is 0 Å². The van der Waals surface area contributed by atoms with E-state index in [9.17, 15) is 4.79 Å². The molecule has 3 rings (SSSR count). The van der Waals surface area contributed by atoms with Gasteiger partial charge in [0, 0.05) is 0 Å². The maximum absolute atomic E-state index is 12.4. The number of carbonyl (C=O) groups is 1. The SMILES string of the molecule is O=C(c1cnc(N2CCCCC2)[se]1)N1CCOCC1. The Labute approximate surface area is 119 Å². The molecule has 0 unspecified atom stereocenters. The second-order valence-electron chi connectivity index (χ2n) is 4.96. The first-order valence-electron chi connectivity index (χ1n) is 6.92. The predicted octanol–water partition coefficient (Wildman–Crippen LogP) is 0.601. The van der Waals surface area contributed by atoms with Crippen molar-refractivity contribution in [3.05, 3.63) is 10.6 Å². The number of anilines is 1. The first-order chi connectivity index (χ1) is 9.34. The molecule has 1 aromatic rings. The third-order valence-corrected chi connectivity index (χ3v) is 5.82. The average Bonchev–Trinajstić information content (AvgIpc) is 2.98. The average molecular weight is 328 g/mol. The zero-order valence-electron chi connectivity index (χ0n) is 11.0. The number of ether oxygens (including phenoxy) is 1. The first kappa shape index (κ1) is 13.2. The summed E-state index contributed by atoms with van der Waals surface area (Å²) in [6, 6.07) is 0. The van der Waals surface area contributed by atoms with Crippen LogP contribution in [0.2, 0.25) is 0 Å². The molecule has 1 amide bonds. The van der Waals surface area contributed by atoms with Gasteiger partial charge in [-0.15, -0.1) is 0 Å². The minimum absolute atomic E-state index is 0.0900. The van der Waals surface area contributed by atoms with Crippen LogP contribution in [-0.4, -0.2) is 69.7 Å². The molecule has 0 bridgehead atoms. The Morgan fingerprint density at radius 1 is 1.16 bits per heavy atom. The van der Waals surface area contributed by atoms with Crippen molar-refractivity contribution in [2.24, 2.45) is 0 Å². The van der Waals surface area contributed by atoms with E-state index < -0.39 is 0 Å². The van der Waals surface area contributed by atoms with Gasteiger partial charge in [-0.25, -0.2) is 0 Å². The molecule has 0 saturated carbocycles. The molecule has 0 aliphatic carbocycles. The quantitative estimate of drug-likeness (QED) is 0.746. The zero-order valence-corrected chi connectivity index (χ0v) is 12.7. The minimum atomic E-state index is 0.0900. The van der Waals surface area contributed by atoms with E-state index in [1.54, 1.807) is 6.20 Å². The fourth-order valence-corrected chi connectivity index (χ4v) is 4.48. The number of nitrogens with zero attached hydrogens (tertiary/aromatic N) is 3. The molecule has 104 valence electrons. The van der Waals surface area contributed by atoms with Gasteiger partial charge in [0.15, 0.2) is 0 Å². The Hall–Kier alpha value is -0.841. The topological polar surface area (TPSA) is 45.7 Å². The molecule has 3 heterocycles. The summed E-state index contributed by atoms with van der Waals surface area (Å²) in [7, 11) is 0. The second-order valence-corrected chi connectivity index (χ2v) is 7.08. The second kappa shape index (κ2) is 6.07. The van der Waals surface area contributed by atoms with E-state index in [1.165, 1.54) is 19.3 Å². The molecule has 2 fully saturated rings. The van der Waals surface area contributed by atoms with Crippen LogP contribution in [-0.2, 0) is 4.74 Å². The molecule has 0 atom stereocenters. The Morgan fingerprint density at radius 3 is 2.63 bits per heavy atom. The summed E-state index contributed by atoms with van der Waals surface area (Å²) >= 11 is 0.0900. The summed E-state index contributed by atoms with van der Waals surface area (Å²) in [5.41, 5.74) is 0. The summed E-state index contributed by atoms with van der Waals surface area (Å²) in [5.74, 6) is 0.166. The van der Waals surface area contributed by atoms with Crippen LogP contribution in [0, 0.1) is 0 Å². The maximum atomic E-state index is 12.4. The van der Waals surface area contributed by atoms with Crippen molar-refractivity contribution in [2.45, 2.75) is 19.3 Å². The van der Waals surface area contributed by atoms with E-state index >= 15 is 0 Å². The number of hydrogen-bond acceptors (Lipinski definition) is 4. The zero-order chi connectivity index (χ0) is 13.1. The van der Waals surface area contributed by atoms with E-state index in [0.29, 0.717) is 26.3 Å². The van der Waals surface area contributed by atoms with E-state index in [0.717, 1.165) is 22.2 Å². The third-order valence-electron chi connectivity index (χ3n) is 3.63. The fourth-order valence-electron chi connectivity index (χ4n) is 2.52. The van der Waals surface area contributed by atoms with Gasteiger partial charge in [-0.1, -0.05) is 0 Å². The van der Waals surface area contributed by atoms with E-state index in [2.05, 4.69) is 9.88 Å². The molecule has 0 spiro atoms. The van der Waals surface area contributed by atoms with Crippen molar-refractivity contribution in [3.63, 3.8) is 0 Å². The van der Waals surface area contributed by atoms with Gasteiger partial charge >= 0.3 is 119 Å². The number of amides is 1. The van der Waals surface area contributed by atoms with E-state index in [-0.39, 0.29) is 20.4 Å². The van der Waals surface area contributed by atoms with Crippen molar-refractivity contribution in [2.75, 3.05) is 44.3 Å². The van der Waals surface area contributed by atoms with Crippen molar-refractivity contribution >= 4 is 25.1 Å². The van der Waals surface area contributed by atoms with Crippen LogP contribution < -0.4 is 4.90 Å². The number of aromatic nitrogens is 1. The van der Waals surface area contributed by atoms with Crippen molar-refractivity contribution in [3.8, 4) is 0 Å². The number of rotatable bonds is 2. The van der Waals surface area contributed by atoms with Gasteiger partial charge in [0.1, 0.15) is 0 Å². The Balaban J connectivity index is 1.67. The molecular formula is C13H19N3O2Se. The van der Waals surface area contributed by atoms with Crippen molar-refractivity contribution in [1.29, 1.82) is 0 Å². The van der Waals surface area contributed by atoms with Crippen LogP contribution in [0.5, 0.6) is 0 Å². The summed E-state index contributed by atoms with van der Waals surface area (Å²) in [5, 5.41) is 0. The Kier molecular flexibility index (Phi) is 4.21. The molecule has 0 N–H and O–H groups in total. The standard InChI is InChI=1S/C13H19N3O2Se/c17-12(15-6-8-18-9-7-15)11-10-14-13(19-11)16-4-2-1-3-5-16/h10H,1-9H2. The van der Waals surface area contributed by atoms with Gasteiger partial charge in [-0.2, -0.15) is 0 Å². The molecular weight excluding hydrogens is 309 g/mol. The normalized spacial score (nSPS) is 20.6. The van der Waals surface area contributed by atoms with Crippen LogP contribution in [0.25, 0.3) is 0 Å². The summed E-state index contributed by atoms with van der Waals surface area (Å²) in [6.45, 7) is 4.95. The molecule has 2 saturated heterocycles. The van der Waals surface area contributed by atoms with Gasteiger partial charge < -0.3 is 0 Å². The van der Waals surface area contributed by atoms with E-state index in [4.69, 9.17) is 4.74 Å². The molecule has 6 heteroatoms. The Morgan fingerprint density at radius 2 is 1.89 bits per heavy atom. The van der Waals surface area contributed by atoms with Crippen LogP contribution >= 0.6 is 0 Å². The molecule has 0 aromatic carbocycles. The molecule has 19 heavy (non-hydrogen) atoms. The summed E-state index contributed by atoms with van der Waals surface area (Å²) in [4.78, 5) is 21.1. The molecule has 2 aliphatic rings. The van der Waals surface area contributed by atoms with Crippen LogP contribution in [0.15, 0.2) is 6.20 Å².